The van der Waals surface area contributed by atoms with Crippen LogP contribution in [0.4, 0.5) is 0 Å². The number of nitrogens with zero attached hydrogens (tertiary/aromatic N) is 1. The summed E-state index contributed by atoms with van der Waals surface area (Å²) < 4.78 is 49.7. The summed E-state index contributed by atoms with van der Waals surface area (Å²) in [6.45, 7) is 8.17. The summed E-state index contributed by atoms with van der Waals surface area (Å²) in [7, 11) is 9.15. The molecule has 3 heterocycles. The molecule has 4 fully saturated rings. The molecule has 6 aliphatic rings. The van der Waals surface area contributed by atoms with Gasteiger partial charge in [-0.1, -0.05) is 38.2 Å². The predicted octanol–water partition coefficient (Wildman–Crippen LogP) is 6.04. The summed E-state index contributed by atoms with van der Waals surface area (Å²) in [6, 6.07) is 0.330. The zero-order valence-corrected chi connectivity index (χ0v) is 34.1. The van der Waals surface area contributed by atoms with E-state index in [0.29, 0.717) is 18.9 Å². The number of cyclic esters (lactones) is 1. The van der Waals surface area contributed by atoms with Crippen molar-refractivity contribution in [3.05, 3.63) is 36.0 Å². The van der Waals surface area contributed by atoms with Gasteiger partial charge < -0.3 is 42.8 Å². The van der Waals surface area contributed by atoms with Crippen LogP contribution in [0.3, 0.4) is 0 Å². The van der Waals surface area contributed by atoms with Crippen molar-refractivity contribution in [1.82, 2.24) is 4.90 Å². The first-order valence-corrected chi connectivity index (χ1v) is 20.6. The third kappa shape index (κ3) is 8.94. The van der Waals surface area contributed by atoms with Crippen LogP contribution in [0, 0.1) is 35.5 Å². The minimum absolute atomic E-state index is 0.0270. The van der Waals surface area contributed by atoms with Crippen LogP contribution in [-0.2, 0) is 47.5 Å². The topological polar surface area (TPSA) is 111 Å². The van der Waals surface area contributed by atoms with Crippen LogP contribution < -0.4 is 0 Å². The number of carbonyl (C=O) groups excluding carboxylic acids is 2. The summed E-state index contributed by atoms with van der Waals surface area (Å²) in [6.07, 6.45) is 14.6. The Bertz CT molecular complexity index is 1370. The first-order chi connectivity index (χ1) is 26.0. The summed E-state index contributed by atoms with van der Waals surface area (Å²) in [5.41, 5.74) is 0.752. The largest absolute Gasteiger partial charge is 0.458 e. The number of rotatable bonds is 10. The van der Waals surface area contributed by atoms with E-state index < -0.39 is 12.4 Å². The fraction of sp³-hybridized carbons (Fsp3) is 0.814. The van der Waals surface area contributed by atoms with Gasteiger partial charge in [-0.05, 0) is 115 Å². The average Bonchev–Trinajstić information content (AvgIpc) is 3.72. The monoisotopic (exact) mass is 757 g/mol. The molecule has 0 amide bonds. The van der Waals surface area contributed by atoms with Crippen LogP contribution >= 0.6 is 0 Å². The number of methoxy groups -OCH3 is 3. The van der Waals surface area contributed by atoms with Crippen LogP contribution in [0.15, 0.2) is 36.0 Å². The summed E-state index contributed by atoms with van der Waals surface area (Å²) in [4.78, 5) is 30.6. The van der Waals surface area contributed by atoms with Crippen LogP contribution in [0.25, 0.3) is 0 Å². The SMILES string of the molecule is CCC=C[C@H]1CCC[C@H](OC2CCC(N(C)C)C(C)O2)[C@@H](C)C(=O)C2=C[C@H]3[C@@H]4C[C@H](OC5OC(C)C(OC)C(OC)C5OC)C[C@H]4C=C[C@H]3C2CC(=O)O1. The van der Waals surface area contributed by atoms with E-state index in [2.05, 4.69) is 57.1 Å². The Morgan fingerprint density at radius 1 is 0.852 bits per heavy atom. The van der Waals surface area contributed by atoms with E-state index in [1.165, 1.54) is 0 Å². The second-order valence-corrected chi connectivity index (χ2v) is 16.8. The van der Waals surface area contributed by atoms with Gasteiger partial charge in [0.05, 0.1) is 30.8 Å². The number of esters is 1. The summed E-state index contributed by atoms with van der Waals surface area (Å²) >= 11 is 0. The molecule has 11 heteroatoms. The van der Waals surface area contributed by atoms with Crippen molar-refractivity contribution in [1.29, 1.82) is 0 Å². The van der Waals surface area contributed by atoms with E-state index in [-0.39, 0.29) is 103 Å². The van der Waals surface area contributed by atoms with Gasteiger partial charge in [-0.25, -0.2) is 0 Å². The van der Waals surface area contributed by atoms with Crippen molar-refractivity contribution in [2.75, 3.05) is 35.4 Å². The number of carbonyl (C=O) groups is 2. The van der Waals surface area contributed by atoms with E-state index in [1.807, 2.05) is 19.9 Å². The first kappa shape index (κ1) is 41.7. The Hall–Kier alpha value is -1.96. The van der Waals surface area contributed by atoms with Gasteiger partial charge in [0.25, 0.3) is 0 Å². The number of fused-ring (bicyclic) bond motifs is 5. The summed E-state index contributed by atoms with van der Waals surface area (Å²) in [5, 5.41) is 0. The molecule has 3 aliphatic carbocycles. The van der Waals surface area contributed by atoms with Crippen molar-refractivity contribution in [2.24, 2.45) is 35.5 Å². The molecule has 6 rings (SSSR count). The maximum Gasteiger partial charge on any atom is 0.307 e. The molecule has 3 aliphatic heterocycles. The molecule has 11 nitrogen and oxygen atoms in total. The fourth-order valence-electron chi connectivity index (χ4n) is 10.5. The Labute approximate surface area is 323 Å². The minimum Gasteiger partial charge on any atom is -0.458 e. The van der Waals surface area contributed by atoms with Gasteiger partial charge in [-0.15, -0.1) is 0 Å². The number of allylic oxidation sites excluding steroid dienone is 5. The van der Waals surface area contributed by atoms with Gasteiger partial charge in [-0.2, -0.15) is 0 Å². The lowest BCUT2D eigenvalue weighted by atomic mass is 9.70. The van der Waals surface area contributed by atoms with Crippen LogP contribution in [0.1, 0.15) is 85.5 Å². The van der Waals surface area contributed by atoms with Crippen LogP contribution in [-0.4, -0.2) is 120 Å². The Kier molecular flexibility index (Phi) is 14.3. The Morgan fingerprint density at radius 3 is 2.30 bits per heavy atom. The van der Waals surface area contributed by atoms with Crippen molar-refractivity contribution >= 4 is 11.8 Å². The van der Waals surface area contributed by atoms with Crippen LogP contribution in [0.2, 0.25) is 0 Å². The average molecular weight is 758 g/mol. The van der Waals surface area contributed by atoms with Gasteiger partial charge in [-0.3, -0.25) is 9.59 Å². The maximum absolute atomic E-state index is 14.7. The quantitative estimate of drug-likeness (QED) is 0.192. The van der Waals surface area contributed by atoms with Gasteiger partial charge in [0, 0.05) is 39.2 Å². The van der Waals surface area contributed by atoms with Gasteiger partial charge in [0.2, 0.25) is 0 Å². The molecule has 0 radical (unpaired) electrons. The van der Waals surface area contributed by atoms with E-state index >= 15 is 0 Å². The van der Waals surface area contributed by atoms with Gasteiger partial charge >= 0.3 is 5.97 Å². The zero-order chi connectivity index (χ0) is 38.7. The normalized spacial score (nSPS) is 44.6. The molecule has 1 saturated carbocycles. The lowest BCUT2D eigenvalue weighted by Gasteiger charge is -2.44. The Morgan fingerprint density at radius 2 is 1.61 bits per heavy atom. The molecule has 0 spiro atoms. The molecule has 0 bridgehead atoms. The highest BCUT2D eigenvalue weighted by Crippen LogP contribution is 2.54. The van der Waals surface area contributed by atoms with Crippen LogP contribution in [0.5, 0.6) is 0 Å². The number of Topliss-reactive ketones (excluding diaryl/α,β-unsaturated/α-hetero) is 1. The van der Waals surface area contributed by atoms with Gasteiger partial charge in [0.1, 0.15) is 24.4 Å². The molecule has 0 aromatic carbocycles. The third-order valence-corrected chi connectivity index (χ3v) is 13.3. The molecule has 0 aromatic rings. The van der Waals surface area contributed by atoms with E-state index in [9.17, 15) is 9.59 Å². The van der Waals surface area contributed by atoms with Crippen molar-refractivity contribution < 1.29 is 47.5 Å². The molecule has 3 saturated heterocycles. The highest BCUT2D eigenvalue weighted by atomic mass is 16.7. The molecule has 17 atom stereocenters. The number of likely N-dealkylation sites (N-methyl/N-ethyl adjacent to an activating group) is 1. The second-order valence-electron chi connectivity index (χ2n) is 16.8. The second kappa shape index (κ2) is 18.5. The maximum atomic E-state index is 14.7. The highest BCUT2D eigenvalue weighted by molar-refractivity contribution is 5.99. The lowest BCUT2D eigenvalue weighted by Crippen LogP contribution is -2.59. The third-order valence-electron chi connectivity index (χ3n) is 13.3. The Balaban J connectivity index is 1.22. The number of hydrogen-bond acceptors (Lipinski definition) is 11. The zero-order valence-electron chi connectivity index (χ0n) is 34.1. The molecule has 54 heavy (non-hydrogen) atoms. The van der Waals surface area contributed by atoms with Gasteiger partial charge in [0.15, 0.2) is 18.4 Å². The molecule has 0 aromatic heterocycles. The molecule has 0 N–H and O–H groups in total. The number of ketones is 1. The van der Waals surface area contributed by atoms with E-state index in [4.69, 9.17) is 37.9 Å². The molecule has 9 unspecified atom stereocenters. The highest BCUT2D eigenvalue weighted by Gasteiger charge is 2.52. The van der Waals surface area contributed by atoms with E-state index in [1.54, 1.807) is 21.3 Å². The smallest absolute Gasteiger partial charge is 0.307 e. The summed E-state index contributed by atoms with van der Waals surface area (Å²) in [5.74, 6) is -0.122. The standard InChI is InChI=1S/C43H67NO10/c1-10-11-13-28-14-12-15-36(54-38-19-18-35(44(5)6)25(3)50-38)24(2)39(46)34-22-32-30(33(34)23-37(45)52-28)17-16-27-20-29(21-31(27)32)53-43-42(49-9)41(48-8)40(47-7)26(4)51-43/h11,13,16-17,22,24-33,35-36,38,40-43H,10,12,14-15,18-21,23H2,1-9H3/t24-,25?,26?,27-,28+,29-,30-,31-,32-,33?,35?,36+,38?,40?,41?,42?,43?/m1/s1. The number of ether oxygens (including phenoxy) is 8. The minimum atomic E-state index is -0.600. The molecular formula is C43H67NO10. The first-order valence-electron chi connectivity index (χ1n) is 20.6. The fourth-order valence-corrected chi connectivity index (χ4v) is 10.5. The molecule has 304 valence electrons. The number of hydrogen-bond donors (Lipinski definition) is 0. The predicted molar refractivity (Wildman–Crippen MR) is 203 cm³/mol. The lowest BCUT2D eigenvalue weighted by molar-refractivity contribution is -0.314. The van der Waals surface area contributed by atoms with Crippen molar-refractivity contribution in [2.45, 2.75) is 153 Å². The van der Waals surface area contributed by atoms with E-state index in [0.717, 1.165) is 44.1 Å². The molecular weight excluding hydrogens is 690 g/mol. The van der Waals surface area contributed by atoms with Crippen molar-refractivity contribution in [3.8, 4) is 0 Å². The van der Waals surface area contributed by atoms with Crippen molar-refractivity contribution in [3.63, 3.8) is 0 Å².